The summed E-state index contributed by atoms with van der Waals surface area (Å²) in [6, 6.07) is 15.5. The number of hydrogen-bond donors (Lipinski definition) is 1. The van der Waals surface area contributed by atoms with E-state index >= 15 is 0 Å². The van der Waals surface area contributed by atoms with Crippen molar-refractivity contribution in [2.24, 2.45) is 0 Å². The molecule has 0 fully saturated rings. The number of nitrogens with one attached hydrogen (secondary N) is 1. The van der Waals surface area contributed by atoms with Crippen LogP contribution in [0.25, 0.3) is 11.4 Å². The lowest BCUT2D eigenvalue weighted by atomic mass is 10.2. The van der Waals surface area contributed by atoms with Crippen LogP contribution >= 0.6 is 23.4 Å². The maximum atomic E-state index is 12.0. The summed E-state index contributed by atoms with van der Waals surface area (Å²) in [5.41, 5.74) is 2.00. The van der Waals surface area contributed by atoms with Gasteiger partial charge in [0.15, 0.2) is 0 Å². The predicted molar refractivity (Wildman–Crippen MR) is 103 cm³/mol. The van der Waals surface area contributed by atoms with E-state index in [0.717, 1.165) is 10.5 Å². The van der Waals surface area contributed by atoms with Crippen LogP contribution in [-0.2, 0) is 11.3 Å². The molecule has 1 amide bonds. The zero-order valence-electron chi connectivity index (χ0n) is 14.2. The standard InChI is InChI=1S/C19H18ClN3O2S/c1-13-5-7-16(8-6-13)26-10-9-17(24)21-12-18-22-19(23-25-18)14-3-2-4-15(20)11-14/h2-8,11H,9-10,12H2,1H3,(H,21,24). The molecular weight excluding hydrogens is 370 g/mol. The first-order valence-corrected chi connectivity index (χ1v) is 9.51. The highest BCUT2D eigenvalue weighted by atomic mass is 35.5. The van der Waals surface area contributed by atoms with Crippen LogP contribution in [0.5, 0.6) is 0 Å². The first-order chi connectivity index (χ1) is 12.6. The number of halogens is 1. The smallest absolute Gasteiger partial charge is 0.246 e. The van der Waals surface area contributed by atoms with Crippen molar-refractivity contribution in [2.75, 3.05) is 5.75 Å². The topological polar surface area (TPSA) is 68.0 Å². The second-order valence-electron chi connectivity index (χ2n) is 5.71. The van der Waals surface area contributed by atoms with E-state index in [0.29, 0.717) is 28.9 Å². The van der Waals surface area contributed by atoms with Gasteiger partial charge in [0.2, 0.25) is 17.6 Å². The Labute approximate surface area is 161 Å². The van der Waals surface area contributed by atoms with Crippen LogP contribution in [-0.4, -0.2) is 21.8 Å². The third-order valence-electron chi connectivity index (χ3n) is 3.61. The van der Waals surface area contributed by atoms with Crippen LogP contribution < -0.4 is 5.32 Å². The maximum absolute atomic E-state index is 12.0. The lowest BCUT2D eigenvalue weighted by Gasteiger charge is -2.03. The minimum Gasteiger partial charge on any atom is -0.347 e. The quantitative estimate of drug-likeness (QED) is 0.604. The number of benzene rings is 2. The second-order valence-corrected chi connectivity index (χ2v) is 7.32. The Morgan fingerprint density at radius 1 is 1.23 bits per heavy atom. The number of hydrogen-bond acceptors (Lipinski definition) is 5. The van der Waals surface area contributed by atoms with Crippen LogP contribution in [0.15, 0.2) is 57.9 Å². The molecule has 2 aromatic carbocycles. The van der Waals surface area contributed by atoms with Crippen molar-refractivity contribution in [3.05, 3.63) is 65.0 Å². The Balaban J connectivity index is 1.44. The van der Waals surface area contributed by atoms with E-state index in [2.05, 4.69) is 46.6 Å². The van der Waals surface area contributed by atoms with Gasteiger partial charge in [0.25, 0.3) is 0 Å². The number of rotatable bonds is 7. The first kappa shape index (κ1) is 18.5. The normalized spacial score (nSPS) is 10.7. The molecule has 0 radical (unpaired) electrons. The number of nitrogens with zero attached hydrogens (tertiary/aromatic N) is 2. The minimum atomic E-state index is -0.0490. The third kappa shape index (κ3) is 5.34. The van der Waals surface area contributed by atoms with Crippen LogP contribution in [0.1, 0.15) is 17.9 Å². The lowest BCUT2D eigenvalue weighted by Crippen LogP contribution is -2.23. The average Bonchev–Trinajstić information content (AvgIpc) is 3.11. The van der Waals surface area contributed by atoms with E-state index in [-0.39, 0.29) is 12.5 Å². The van der Waals surface area contributed by atoms with Crippen LogP contribution in [0.3, 0.4) is 0 Å². The van der Waals surface area contributed by atoms with Gasteiger partial charge in [0.1, 0.15) is 0 Å². The van der Waals surface area contributed by atoms with Crippen molar-refractivity contribution >= 4 is 29.3 Å². The maximum Gasteiger partial charge on any atom is 0.246 e. The molecule has 7 heteroatoms. The van der Waals surface area contributed by atoms with Gasteiger partial charge < -0.3 is 9.84 Å². The Bertz CT molecular complexity index is 881. The summed E-state index contributed by atoms with van der Waals surface area (Å²) in [5.74, 6) is 1.48. The van der Waals surface area contributed by atoms with Crippen molar-refractivity contribution in [1.29, 1.82) is 0 Å². The fourth-order valence-electron chi connectivity index (χ4n) is 2.23. The number of thioether (sulfide) groups is 1. The van der Waals surface area contributed by atoms with Crippen molar-refractivity contribution in [3.63, 3.8) is 0 Å². The van der Waals surface area contributed by atoms with Crippen molar-refractivity contribution in [1.82, 2.24) is 15.5 Å². The number of amides is 1. The highest BCUT2D eigenvalue weighted by Gasteiger charge is 2.10. The Morgan fingerprint density at radius 3 is 2.81 bits per heavy atom. The molecule has 134 valence electrons. The summed E-state index contributed by atoms with van der Waals surface area (Å²) in [7, 11) is 0. The van der Waals surface area contributed by atoms with Gasteiger partial charge in [-0.05, 0) is 31.2 Å². The Morgan fingerprint density at radius 2 is 2.04 bits per heavy atom. The molecule has 3 rings (SSSR count). The van der Waals surface area contributed by atoms with Crippen LogP contribution in [0, 0.1) is 6.92 Å². The lowest BCUT2D eigenvalue weighted by molar-refractivity contribution is -0.120. The summed E-state index contributed by atoms with van der Waals surface area (Å²) in [6.07, 6.45) is 0.424. The average molecular weight is 388 g/mol. The molecule has 1 aromatic heterocycles. The van der Waals surface area contributed by atoms with Crippen molar-refractivity contribution in [2.45, 2.75) is 24.8 Å². The zero-order valence-corrected chi connectivity index (χ0v) is 15.8. The fourth-order valence-corrected chi connectivity index (χ4v) is 3.27. The van der Waals surface area contributed by atoms with Gasteiger partial charge in [-0.15, -0.1) is 11.8 Å². The second kappa shape index (κ2) is 8.87. The van der Waals surface area contributed by atoms with Crippen molar-refractivity contribution < 1.29 is 9.32 Å². The summed E-state index contributed by atoms with van der Waals surface area (Å²) in [4.78, 5) is 17.4. The van der Waals surface area contributed by atoms with Gasteiger partial charge in [-0.3, -0.25) is 4.79 Å². The monoisotopic (exact) mass is 387 g/mol. The highest BCUT2D eigenvalue weighted by molar-refractivity contribution is 7.99. The van der Waals surface area contributed by atoms with E-state index in [1.54, 1.807) is 23.9 Å². The molecule has 0 aliphatic carbocycles. The van der Waals surface area contributed by atoms with Crippen LogP contribution in [0.2, 0.25) is 5.02 Å². The predicted octanol–water partition coefficient (Wildman–Crippen LogP) is 4.50. The largest absolute Gasteiger partial charge is 0.347 e. The van der Waals surface area contributed by atoms with Gasteiger partial charge >= 0.3 is 0 Å². The van der Waals surface area contributed by atoms with E-state index in [1.807, 2.05) is 12.1 Å². The Hall–Kier alpha value is -2.31. The van der Waals surface area contributed by atoms with E-state index < -0.39 is 0 Å². The molecule has 5 nitrogen and oxygen atoms in total. The molecule has 0 atom stereocenters. The highest BCUT2D eigenvalue weighted by Crippen LogP contribution is 2.20. The molecule has 0 bridgehead atoms. The molecule has 1 N–H and O–H groups in total. The summed E-state index contributed by atoms with van der Waals surface area (Å²) in [6.45, 7) is 2.26. The molecule has 0 aliphatic rings. The molecule has 0 saturated carbocycles. The minimum absolute atomic E-state index is 0.0490. The SMILES string of the molecule is Cc1ccc(SCCC(=O)NCc2nc(-c3cccc(Cl)c3)no2)cc1. The van der Waals surface area contributed by atoms with Gasteiger partial charge in [0.05, 0.1) is 6.54 Å². The zero-order chi connectivity index (χ0) is 18.4. The van der Waals surface area contributed by atoms with Gasteiger partial charge in [-0.1, -0.05) is 46.6 Å². The molecular formula is C19H18ClN3O2S. The van der Waals surface area contributed by atoms with E-state index in [4.69, 9.17) is 16.1 Å². The number of aromatic nitrogens is 2. The van der Waals surface area contributed by atoms with Gasteiger partial charge in [-0.2, -0.15) is 4.98 Å². The molecule has 1 heterocycles. The third-order valence-corrected chi connectivity index (χ3v) is 4.86. The molecule has 0 spiro atoms. The van der Waals surface area contributed by atoms with Crippen LogP contribution in [0.4, 0.5) is 0 Å². The number of aryl methyl sites for hydroxylation is 1. The summed E-state index contributed by atoms with van der Waals surface area (Å²) < 4.78 is 5.17. The molecule has 3 aromatic rings. The van der Waals surface area contributed by atoms with Gasteiger partial charge in [-0.25, -0.2) is 0 Å². The molecule has 0 unspecified atom stereocenters. The first-order valence-electron chi connectivity index (χ1n) is 8.15. The van der Waals surface area contributed by atoms with E-state index in [9.17, 15) is 4.79 Å². The summed E-state index contributed by atoms with van der Waals surface area (Å²) in [5, 5.41) is 7.31. The fraction of sp³-hybridized carbons (Fsp3) is 0.211. The summed E-state index contributed by atoms with van der Waals surface area (Å²) >= 11 is 7.62. The molecule has 26 heavy (non-hydrogen) atoms. The number of carbonyl (C=O) groups excluding carboxylic acids is 1. The molecule has 0 aliphatic heterocycles. The van der Waals surface area contributed by atoms with E-state index in [1.165, 1.54) is 5.56 Å². The number of carbonyl (C=O) groups is 1. The Kier molecular flexibility index (Phi) is 6.30. The molecule has 0 saturated heterocycles. The van der Waals surface area contributed by atoms with Crippen molar-refractivity contribution in [3.8, 4) is 11.4 Å². The van der Waals surface area contributed by atoms with Gasteiger partial charge in [0, 0.05) is 27.7 Å².